The summed E-state index contributed by atoms with van der Waals surface area (Å²) < 4.78 is 6.34. The van der Waals surface area contributed by atoms with Crippen LogP contribution in [-0.4, -0.2) is 17.6 Å². The highest BCUT2D eigenvalue weighted by molar-refractivity contribution is 9.10. The number of ketones is 1. The molecule has 0 spiro atoms. The van der Waals surface area contributed by atoms with Gasteiger partial charge in [0.2, 0.25) is 11.8 Å². The summed E-state index contributed by atoms with van der Waals surface area (Å²) in [6.07, 6.45) is 2.85. The summed E-state index contributed by atoms with van der Waals surface area (Å²) >= 11 is 3.35. The van der Waals surface area contributed by atoms with Gasteiger partial charge in [0, 0.05) is 40.2 Å². The van der Waals surface area contributed by atoms with E-state index in [9.17, 15) is 14.4 Å². The molecule has 1 aromatic heterocycles. The molecule has 0 fully saturated rings. The van der Waals surface area contributed by atoms with E-state index in [0.29, 0.717) is 36.2 Å². The fourth-order valence-corrected chi connectivity index (χ4v) is 4.03. The maximum absolute atomic E-state index is 12.6. The Morgan fingerprint density at radius 3 is 2.64 bits per heavy atom. The average Bonchev–Trinajstić information content (AvgIpc) is 3.19. The van der Waals surface area contributed by atoms with E-state index >= 15 is 0 Å². The molecule has 2 amide bonds. The van der Waals surface area contributed by atoms with Crippen LogP contribution in [0.4, 0.5) is 5.69 Å². The smallest absolute Gasteiger partial charge is 0.228 e. The van der Waals surface area contributed by atoms with Crippen molar-refractivity contribution in [3.63, 3.8) is 0 Å². The Labute approximate surface area is 170 Å². The van der Waals surface area contributed by atoms with E-state index in [1.54, 1.807) is 24.5 Å². The number of anilines is 1. The molecule has 6 nitrogen and oxygen atoms in total. The number of Topliss-reactive ketones (excluding diaryl/α,β-unsaturated/α-hetero) is 1. The molecule has 2 atom stereocenters. The number of carbonyl (C=O) groups excluding carboxylic acids is 3. The zero-order valence-electron chi connectivity index (χ0n) is 15.0. The van der Waals surface area contributed by atoms with Gasteiger partial charge in [0.1, 0.15) is 5.76 Å². The van der Waals surface area contributed by atoms with Crippen molar-refractivity contribution in [2.24, 2.45) is 5.92 Å². The average molecular weight is 443 g/mol. The molecule has 1 aliphatic carbocycles. The number of nitrogens with one attached hydrogen (secondary N) is 2. The number of hydrogen-bond donors (Lipinski definition) is 2. The minimum Gasteiger partial charge on any atom is -0.469 e. The van der Waals surface area contributed by atoms with Crippen LogP contribution < -0.4 is 10.6 Å². The van der Waals surface area contributed by atoms with E-state index in [1.165, 1.54) is 0 Å². The third-order valence-corrected chi connectivity index (χ3v) is 5.71. The van der Waals surface area contributed by atoms with E-state index in [-0.39, 0.29) is 29.9 Å². The highest BCUT2D eigenvalue weighted by Gasteiger charge is 2.37. The molecule has 0 saturated carbocycles. The standard InChI is InChI=1S/C21H19BrN2O4/c22-14-3-5-15(6-4-14)23-20(26)11-13-8-16-17(24-21(13)27)9-12(10-18(16)25)19-2-1-7-28-19/h1-7,12-13H,8-11H2,(H,23,26)(H,24,27). The van der Waals surface area contributed by atoms with Crippen molar-refractivity contribution in [3.05, 3.63) is 64.2 Å². The second-order valence-electron chi connectivity index (χ2n) is 7.15. The fraction of sp³-hybridized carbons (Fsp3) is 0.286. The zero-order chi connectivity index (χ0) is 19.7. The van der Waals surface area contributed by atoms with Gasteiger partial charge in [0.25, 0.3) is 0 Å². The molecule has 4 rings (SSSR count). The van der Waals surface area contributed by atoms with Gasteiger partial charge in [-0.25, -0.2) is 0 Å². The summed E-state index contributed by atoms with van der Waals surface area (Å²) in [6.45, 7) is 0. The molecule has 144 valence electrons. The highest BCUT2D eigenvalue weighted by Crippen LogP contribution is 2.38. The zero-order valence-corrected chi connectivity index (χ0v) is 16.6. The molecule has 0 radical (unpaired) electrons. The number of furan rings is 1. The van der Waals surface area contributed by atoms with Crippen LogP contribution in [0.3, 0.4) is 0 Å². The van der Waals surface area contributed by atoms with Gasteiger partial charge in [0.15, 0.2) is 5.78 Å². The van der Waals surface area contributed by atoms with Gasteiger partial charge in [-0.3, -0.25) is 14.4 Å². The molecule has 2 unspecified atom stereocenters. The summed E-state index contributed by atoms with van der Waals surface area (Å²) in [7, 11) is 0. The Hall–Kier alpha value is -2.67. The third kappa shape index (κ3) is 3.94. The van der Waals surface area contributed by atoms with Gasteiger partial charge in [-0.15, -0.1) is 0 Å². The molecule has 1 aliphatic heterocycles. The highest BCUT2D eigenvalue weighted by atomic mass is 79.9. The molecule has 1 aromatic carbocycles. The Morgan fingerprint density at radius 1 is 1.14 bits per heavy atom. The van der Waals surface area contributed by atoms with Crippen molar-refractivity contribution in [1.29, 1.82) is 0 Å². The molecule has 2 aliphatic rings. The van der Waals surface area contributed by atoms with Crippen molar-refractivity contribution in [2.45, 2.75) is 31.6 Å². The van der Waals surface area contributed by atoms with Crippen molar-refractivity contribution in [2.75, 3.05) is 5.32 Å². The summed E-state index contributed by atoms with van der Waals surface area (Å²) in [4.78, 5) is 37.5. The molecule has 7 heteroatoms. The summed E-state index contributed by atoms with van der Waals surface area (Å²) in [5, 5.41) is 5.65. The fourth-order valence-electron chi connectivity index (χ4n) is 3.77. The maximum atomic E-state index is 12.6. The molecule has 0 saturated heterocycles. The summed E-state index contributed by atoms with van der Waals surface area (Å²) in [6, 6.07) is 10.9. The van der Waals surface area contributed by atoms with Crippen LogP contribution in [0.15, 0.2) is 62.8 Å². The minimum atomic E-state index is -0.543. The van der Waals surface area contributed by atoms with Gasteiger partial charge >= 0.3 is 0 Å². The number of halogens is 1. The van der Waals surface area contributed by atoms with E-state index in [4.69, 9.17) is 4.42 Å². The molecule has 2 N–H and O–H groups in total. The van der Waals surface area contributed by atoms with Crippen LogP contribution in [0.2, 0.25) is 0 Å². The lowest BCUT2D eigenvalue weighted by Crippen LogP contribution is -2.41. The lowest BCUT2D eigenvalue weighted by atomic mass is 9.78. The number of carbonyl (C=O) groups is 3. The van der Waals surface area contributed by atoms with Crippen LogP contribution in [0.5, 0.6) is 0 Å². The SMILES string of the molecule is O=C(CC1CC2=C(CC(c3ccco3)CC2=O)NC1=O)Nc1ccc(Br)cc1. The van der Waals surface area contributed by atoms with Crippen LogP contribution in [-0.2, 0) is 14.4 Å². The second-order valence-corrected chi connectivity index (χ2v) is 8.07. The quantitative estimate of drug-likeness (QED) is 0.750. The Balaban J connectivity index is 1.43. The minimum absolute atomic E-state index is 0.0148. The summed E-state index contributed by atoms with van der Waals surface area (Å²) in [5.74, 6) is -0.288. The Kier molecular flexibility index (Phi) is 5.17. The first-order valence-corrected chi connectivity index (χ1v) is 9.94. The number of allylic oxidation sites excluding steroid dienone is 2. The molecular weight excluding hydrogens is 424 g/mol. The number of hydrogen-bond acceptors (Lipinski definition) is 4. The first kappa shape index (κ1) is 18.7. The predicted molar refractivity (Wildman–Crippen MR) is 106 cm³/mol. The summed E-state index contributed by atoms with van der Waals surface area (Å²) in [5.41, 5.74) is 1.98. The van der Waals surface area contributed by atoms with Crippen molar-refractivity contribution in [3.8, 4) is 0 Å². The van der Waals surface area contributed by atoms with Crippen LogP contribution in [0, 0.1) is 5.92 Å². The van der Waals surface area contributed by atoms with Crippen molar-refractivity contribution < 1.29 is 18.8 Å². The van der Waals surface area contributed by atoms with Gasteiger partial charge < -0.3 is 15.1 Å². The largest absolute Gasteiger partial charge is 0.469 e. The molecule has 28 heavy (non-hydrogen) atoms. The van der Waals surface area contributed by atoms with Crippen molar-refractivity contribution in [1.82, 2.24) is 5.32 Å². The van der Waals surface area contributed by atoms with E-state index in [0.717, 1.165) is 10.2 Å². The van der Waals surface area contributed by atoms with Gasteiger partial charge in [-0.2, -0.15) is 0 Å². The molecule has 2 heterocycles. The van der Waals surface area contributed by atoms with E-state index in [2.05, 4.69) is 26.6 Å². The maximum Gasteiger partial charge on any atom is 0.228 e. The Morgan fingerprint density at radius 2 is 1.93 bits per heavy atom. The number of benzene rings is 1. The number of amides is 2. The topological polar surface area (TPSA) is 88.4 Å². The van der Waals surface area contributed by atoms with Crippen molar-refractivity contribution >= 4 is 39.2 Å². The number of rotatable bonds is 4. The lowest BCUT2D eigenvalue weighted by molar-refractivity contribution is -0.129. The van der Waals surface area contributed by atoms with Gasteiger partial charge in [0.05, 0.1) is 12.2 Å². The molecule has 2 aromatic rings. The third-order valence-electron chi connectivity index (χ3n) is 5.18. The van der Waals surface area contributed by atoms with Crippen LogP contribution >= 0.6 is 15.9 Å². The van der Waals surface area contributed by atoms with Gasteiger partial charge in [-0.1, -0.05) is 15.9 Å². The lowest BCUT2D eigenvalue weighted by Gasteiger charge is -2.32. The molecular formula is C21H19BrN2O4. The van der Waals surface area contributed by atoms with E-state index in [1.807, 2.05) is 18.2 Å². The second kappa shape index (κ2) is 7.75. The monoisotopic (exact) mass is 442 g/mol. The first-order valence-electron chi connectivity index (χ1n) is 9.14. The normalized spacial score (nSPS) is 21.9. The van der Waals surface area contributed by atoms with E-state index < -0.39 is 5.92 Å². The van der Waals surface area contributed by atoms with Crippen LogP contribution in [0.25, 0.3) is 0 Å². The van der Waals surface area contributed by atoms with Crippen LogP contribution in [0.1, 0.15) is 37.4 Å². The predicted octanol–water partition coefficient (Wildman–Crippen LogP) is 3.91. The first-order chi connectivity index (χ1) is 13.5. The van der Waals surface area contributed by atoms with Gasteiger partial charge in [-0.05, 0) is 49.2 Å². The molecule has 0 bridgehead atoms. The Bertz CT molecular complexity index is 947.